The van der Waals surface area contributed by atoms with Gasteiger partial charge in [0.1, 0.15) is 11.3 Å². The summed E-state index contributed by atoms with van der Waals surface area (Å²) in [5, 5.41) is 9.99. The molecule has 19 heavy (non-hydrogen) atoms. The van der Waals surface area contributed by atoms with Crippen LogP contribution in [0.1, 0.15) is 0 Å². The normalized spacial score (nSPS) is 11.1. The quantitative estimate of drug-likeness (QED) is 0.527. The van der Waals surface area contributed by atoms with E-state index < -0.39 is 5.82 Å². The van der Waals surface area contributed by atoms with Crippen LogP contribution in [-0.2, 0) is 0 Å². The van der Waals surface area contributed by atoms with Crippen LogP contribution in [0.3, 0.4) is 0 Å². The smallest absolute Gasteiger partial charge is 0.231 e. The number of nitrogens with two attached hydrogens (primary N) is 1. The number of phenols is 1. The van der Waals surface area contributed by atoms with Crippen LogP contribution in [0.2, 0.25) is 5.02 Å². The summed E-state index contributed by atoms with van der Waals surface area (Å²) >= 11 is 5.87. The first-order valence-electron chi connectivity index (χ1n) is 5.39. The molecule has 0 unspecified atom stereocenters. The second kappa shape index (κ2) is 4.13. The van der Waals surface area contributed by atoms with Crippen LogP contribution in [0, 0.1) is 5.82 Å². The second-order valence-electron chi connectivity index (χ2n) is 4.00. The van der Waals surface area contributed by atoms with Crippen molar-refractivity contribution in [3.8, 4) is 17.2 Å². The molecule has 1 aromatic heterocycles. The van der Waals surface area contributed by atoms with Crippen molar-refractivity contribution in [1.82, 2.24) is 4.98 Å². The summed E-state index contributed by atoms with van der Waals surface area (Å²) in [5.74, 6) is -0.507. The van der Waals surface area contributed by atoms with Crippen molar-refractivity contribution in [1.29, 1.82) is 0 Å². The molecule has 0 bridgehead atoms. The molecule has 0 saturated heterocycles. The standard InChI is InChI=1S/C13H8ClFN2O2/c14-8-4-6(15)5-10-12(8)19-13(17-10)7-2-1-3-9(16)11(7)18/h1-5,18H,16H2. The highest BCUT2D eigenvalue weighted by molar-refractivity contribution is 6.34. The fourth-order valence-electron chi connectivity index (χ4n) is 1.81. The lowest BCUT2D eigenvalue weighted by Crippen LogP contribution is -1.87. The molecule has 1 heterocycles. The van der Waals surface area contributed by atoms with Gasteiger partial charge in [0.15, 0.2) is 11.3 Å². The Bertz CT molecular complexity index is 786. The molecule has 0 fully saturated rings. The largest absolute Gasteiger partial charge is 0.505 e. The Labute approximate surface area is 112 Å². The molecule has 4 nitrogen and oxygen atoms in total. The van der Waals surface area contributed by atoms with E-state index >= 15 is 0 Å². The first-order chi connectivity index (χ1) is 9.06. The molecule has 6 heteroatoms. The zero-order valence-corrected chi connectivity index (χ0v) is 10.3. The van der Waals surface area contributed by atoms with Crippen molar-refractivity contribution in [2.45, 2.75) is 0 Å². The van der Waals surface area contributed by atoms with Crippen molar-refractivity contribution in [2.75, 3.05) is 5.73 Å². The monoisotopic (exact) mass is 278 g/mol. The summed E-state index contributed by atoms with van der Waals surface area (Å²) in [6.45, 7) is 0. The van der Waals surface area contributed by atoms with E-state index in [2.05, 4.69) is 4.98 Å². The molecule has 3 rings (SSSR count). The van der Waals surface area contributed by atoms with Crippen LogP contribution in [0.4, 0.5) is 10.1 Å². The van der Waals surface area contributed by atoms with E-state index in [4.69, 9.17) is 21.8 Å². The van der Waals surface area contributed by atoms with Gasteiger partial charge in [-0.25, -0.2) is 9.37 Å². The fraction of sp³-hybridized carbons (Fsp3) is 0. The van der Waals surface area contributed by atoms with Gasteiger partial charge in [-0.15, -0.1) is 0 Å². The average Bonchev–Trinajstić information content (AvgIpc) is 2.76. The van der Waals surface area contributed by atoms with Gasteiger partial charge in [-0.2, -0.15) is 0 Å². The molecule has 0 atom stereocenters. The Morgan fingerprint density at radius 3 is 2.89 bits per heavy atom. The Hall–Kier alpha value is -2.27. The molecule has 0 aliphatic heterocycles. The highest BCUT2D eigenvalue weighted by Gasteiger charge is 2.16. The maximum atomic E-state index is 13.2. The maximum Gasteiger partial charge on any atom is 0.231 e. The molecule has 0 spiro atoms. The average molecular weight is 279 g/mol. The van der Waals surface area contributed by atoms with Crippen LogP contribution in [-0.4, -0.2) is 10.1 Å². The summed E-state index contributed by atoms with van der Waals surface area (Å²) in [7, 11) is 0. The number of nitrogens with zero attached hydrogens (tertiary/aromatic N) is 1. The number of nitrogen functional groups attached to an aromatic ring is 1. The molecule has 0 amide bonds. The topological polar surface area (TPSA) is 72.3 Å². The number of benzene rings is 2. The molecule has 3 aromatic rings. The van der Waals surface area contributed by atoms with Crippen molar-refractivity contribution in [3.05, 3.63) is 41.2 Å². The summed E-state index contributed by atoms with van der Waals surface area (Å²) in [6.07, 6.45) is 0. The van der Waals surface area contributed by atoms with Gasteiger partial charge < -0.3 is 15.3 Å². The van der Waals surface area contributed by atoms with Gasteiger partial charge in [0, 0.05) is 6.07 Å². The van der Waals surface area contributed by atoms with Crippen LogP contribution >= 0.6 is 11.6 Å². The van der Waals surface area contributed by atoms with Crippen molar-refractivity contribution >= 4 is 28.4 Å². The molecule has 0 saturated carbocycles. The van der Waals surface area contributed by atoms with E-state index in [1.54, 1.807) is 18.2 Å². The Balaban J connectivity index is 2.26. The van der Waals surface area contributed by atoms with Crippen molar-refractivity contribution in [3.63, 3.8) is 0 Å². The molecular weight excluding hydrogens is 271 g/mol. The van der Waals surface area contributed by atoms with Crippen molar-refractivity contribution in [2.24, 2.45) is 0 Å². The van der Waals surface area contributed by atoms with E-state index in [9.17, 15) is 9.50 Å². The number of rotatable bonds is 1. The number of anilines is 1. The van der Waals surface area contributed by atoms with E-state index in [0.717, 1.165) is 6.07 Å². The number of para-hydroxylation sites is 1. The minimum absolute atomic E-state index is 0.122. The van der Waals surface area contributed by atoms with Gasteiger partial charge in [-0.1, -0.05) is 17.7 Å². The van der Waals surface area contributed by atoms with E-state index in [0.29, 0.717) is 5.56 Å². The van der Waals surface area contributed by atoms with Crippen LogP contribution in [0.5, 0.6) is 5.75 Å². The number of halogens is 2. The van der Waals surface area contributed by atoms with Gasteiger partial charge in [-0.3, -0.25) is 0 Å². The summed E-state index contributed by atoms with van der Waals surface area (Å²) < 4.78 is 18.7. The van der Waals surface area contributed by atoms with Gasteiger partial charge in [-0.05, 0) is 18.2 Å². The maximum absolute atomic E-state index is 13.2. The van der Waals surface area contributed by atoms with E-state index in [1.165, 1.54) is 6.07 Å². The Kier molecular flexibility index (Phi) is 2.57. The number of aromatic hydroxyl groups is 1. The number of phenolic OH excluding ortho intramolecular Hbond substituents is 1. The third-order valence-corrected chi connectivity index (χ3v) is 2.99. The fourth-order valence-corrected chi connectivity index (χ4v) is 2.05. The van der Waals surface area contributed by atoms with Crippen LogP contribution in [0.15, 0.2) is 34.7 Å². The Morgan fingerprint density at radius 2 is 2.11 bits per heavy atom. The molecular formula is C13H8ClFN2O2. The van der Waals surface area contributed by atoms with Gasteiger partial charge >= 0.3 is 0 Å². The SMILES string of the molecule is Nc1cccc(-c2nc3cc(F)cc(Cl)c3o2)c1O. The molecule has 96 valence electrons. The van der Waals surface area contributed by atoms with E-state index in [1.807, 2.05) is 0 Å². The number of hydrogen-bond acceptors (Lipinski definition) is 4. The van der Waals surface area contributed by atoms with Crippen molar-refractivity contribution < 1.29 is 13.9 Å². The lowest BCUT2D eigenvalue weighted by atomic mass is 10.2. The number of fused-ring (bicyclic) bond motifs is 1. The Morgan fingerprint density at radius 1 is 1.32 bits per heavy atom. The third-order valence-electron chi connectivity index (χ3n) is 2.71. The zero-order valence-electron chi connectivity index (χ0n) is 9.52. The molecule has 0 aliphatic carbocycles. The highest BCUT2D eigenvalue weighted by atomic mass is 35.5. The van der Waals surface area contributed by atoms with Gasteiger partial charge in [0.25, 0.3) is 0 Å². The zero-order chi connectivity index (χ0) is 13.6. The van der Waals surface area contributed by atoms with Crippen LogP contribution < -0.4 is 5.73 Å². The predicted molar refractivity (Wildman–Crippen MR) is 70.5 cm³/mol. The minimum atomic E-state index is -0.505. The third kappa shape index (κ3) is 1.88. The number of hydrogen-bond donors (Lipinski definition) is 2. The van der Waals surface area contributed by atoms with Crippen LogP contribution in [0.25, 0.3) is 22.6 Å². The van der Waals surface area contributed by atoms with Gasteiger partial charge in [0.2, 0.25) is 5.89 Å². The second-order valence-corrected chi connectivity index (χ2v) is 4.41. The highest BCUT2D eigenvalue weighted by Crippen LogP contribution is 2.36. The summed E-state index contributed by atoms with van der Waals surface area (Å²) in [4.78, 5) is 4.10. The van der Waals surface area contributed by atoms with E-state index in [-0.39, 0.29) is 33.4 Å². The lowest BCUT2D eigenvalue weighted by Gasteiger charge is -2.02. The summed E-state index contributed by atoms with van der Waals surface area (Å²) in [5.41, 5.74) is 6.68. The number of oxazole rings is 1. The molecule has 3 N–H and O–H groups in total. The number of aromatic nitrogens is 1. The minimum Gasteiger partial charge on any atom is -0.505 e. The predicted octanol–water partition coefficient (Wildman–Crippen LogP) is 3.58. The van der Waals surface area contributed by atoms with Gasteiger partial charge in [0.05, 0.1) is 16.3 Å². The lowest BCUT2D eigenvalue weighted by molar-refractivity contribution is 0.476. The molecule has 0 aliphatic rings. The molecule has 2 aromatic carbocycles. The first-order valence-corrected chi connectivity index (χ1v) is 5.77. The first kappa shape index (κ1) is 11.8. The summed E-state index contributed by atoms with van der Waals surface area (Å²) in [6, 6.07) is 7.14. The molecule has 0 radical (unpaired) electrons.